The number of anilines is 2. The monoisotopic (exact) mass is 396 g/mol. The largest absolute Gasteiger partial charge is 0.494 e. The van der Waals surface area contributed by atoms with Crippen LogP contribution in [0, 0.1) is 11.3 Å². The van der Waals surface area contributed by atoms with Gasteiger partial charge in [0.25, 0.3) is 0 Å². The Kier molecular flexibility index (Phi) is 5.83. The summed E-state index contributed by atoms with van der Waals surface area (Å²) in [5, 5.41) is 12.2. The lowest BCUT2D eigenvalue weighted by Gasteiger charge is -2.24. The second kappa shape index (κ2) is 9.03. The third-order valence-electron chi connectivity index (χ3n) is 4.45. The van der Waals surface area contributed by atoms with E-state index in [2.05, 4.69) is 11.1 Å². The predicted molar refractivity (Wildman–Crippen MR) is 115 cm³/mol. The molecular weight excluding hydrogens is 376 g/mol. The van der Waals surface area contributed by atoms with Crippen molar-refractivity contribution in [1.82, 2.24) is 9.97 Å². The lowest BCUT2D eigenvalue weighted by atomic mass is 10.1. The summed E-state index contributed by atoms with van der Waals surface area (Å²) in [6.07, 6.45) is 1.72. The van der Waals surface area contributed by atoms with Crippen LogP contribution >= 0.6 is 0 Å². The van der Waals surface area contributed by atoms with Gasteiger partial charge in [0.05, 0.1) is 29.1 Å². The minimum atomic E-state index is 0.235. The van der Waals surface area contributed by atoms with E-state index in [1.807, 2.05) is 79.7 Å². The summed E-state index contributed by atoms with van der Waals surface area (Å²) in [7, 11) is 0. The van der Waals surface area contributed by atoms with E-state index >= 15 is 0 Å². The molecule has 6 nitrogen and oxygen atoms in total. The highest BCUT2D eigenvalue weighted by molar-refractivity contribution is 5.85. The zero-order chi connectivity index (χ0) is 20.8. The van der Waals surface area contributed by atoms with Gasteiger partial charge in [-0.25, -0.2) is 10.0 Å². The molecule has 0 bridgehead atoms. The SMILES string of the molecule is CCOc1ccc2cc(C#N)c(N(OCc3ccccn3)c3ccccc3)nc2c1. The van der Waals surface area contributed by atoms with Gasteiger partial charge in [-0.3, -0.25) is 9.82 Å². The van der Waals surface area contributed by atoms with E-state index in [4.69, 9.17) is 14.6 Å². The van der Waals surface area contributed by atoms with E-state index in [0.717, 1.165) is 28.0 Å². The minimum Gasteiger partial charge on any atom is -0.494 e. The summed E-state index contributed by atoms with van der Waals surface area (Å²) in [6, 6.07) is 24.9. The van der Waals surface area contributed by atoms with Gasteiger partial charge in [0.15, 0.2) is 5.82 Å². The van der Waals surface area contributed by atoms with E-state index in [-0.39, 0.29) is 6.61 Å². The molecule has 30 heavy (non-hydrogen) atoms. The second-order valence-electron chi connectivity index (χ2n) is 6.48. The predicted octanol–water partition coefficient (Wildman–Crippen LogP) is 5.17. The second-order valence-corrected chi connectivity index (χ2v) is 6.48. The normalized spacial score (nSPS) is 10.5. The highest BCUT2D eigenvalue weighted by Crippen LogP contribution is 2.31. The van der Waals surface area contributed by atoms with Crippen molar-refractivity contribution in [2.45, 2.75) is 13.5 Å². The van der Waals surface area contributed by atoms with Gasteiger partial charge in [-0.05, 0) is 49.4 Å². The molecule has 2 aromatic carbocycles. The van der Waals surface area contributed by atoms with Crippen molar-refractivity contribution in [2.24, 2.45) is 0 Å². The Bertz CT molecular complexity index is 1170. The van der Waals surface area contributed by atoms with Gasteiger partial charge in [-0.2, -0.15) is 5.26 Å². The van der Waals surface area contributed by atoms with Crippen LogP contribution in [0.3, 0.4) is 0 Å². The Hall–Kier alpha value is -3.95. The average molecular weight is 396 g/mol. The Balaban J connectivity index is 1.78. The van der Waals surface area contributed by atoms with Crippen LogP contribution < -0.4 is 9.80 Å². The molecule has 0 aliphatic heterocycles. The Labute approximate surface area is 174 Å². The molecule has 0 N–H and O–H groups in total. The number of para-hydroxylation sites is 1. The lowest BCUT2D eigenvalue weighted by Crippen LogP contribution is -2.20. The first-order chi connectivity index (χ1) is 14.8. The lowest BCUT2D eigenvalue weighted by molar-refractivity contribution is 0.118. The molecule has 0 aliphatic rings. The topological polar surface area (TPSA) is 71.3 Å². The van der Waals surface area contributed by atoms with Gasteiger partial charge in [0, 0.05) is 17.6 Å². The molecule has 0 amide bonds. The molecule has 0 radical (unpaired) electrons. The van der Waals surface area contributed by atoms with Crippen molar-refractivity contribution >= 4 is 22.4 Å². The van der Waals surface area contributed by atoms with E-state index in [9.17, 15) is 5.26 Å². The number of pyridine rings is 2. The molecule has 2 heterocycles. The van der Waals surface area contributed by atoms with Gasteiger partial charge in [0.1, 0.15) is 18.4 Å². The van der Waals surface area contributed by atoms with Crippen LogP contribution in [0.4, 0.5) is 11.5 Å². The molecule has 4 aromatic rings. The summed E-state index contributed by atoms with van der Waals surface area (Å²) in [5.41, 5.74) is 2.67. The highest BCUT2D eigenvalue weighted by Gasteiger charge is 2.18. The standard InChI is InChI=1S/C24H20N4O2/c1-2-29-22-12-11-18-14-19(16-25)24(27-23(18)15-22)28(21-9-4-3-5-10-21)30-17-20-8-6-7-13-26-20/h3-15H,2,17H2,1H3. The zero-order valence-electron chi connectivity index (χ0n) is 16.5. The molecule has 0 saturated carbocycles. The molecule has 6 heteroatoms. The molecular formula is C24H20N4O2. The summed E-state index contributed by atoms with van der Waals surface area (Å²) in [5.74, 6) is 1.15. The number of fused-ring (bicyclic) bond motifs is 1. The molecule has 0 aliphatic carbocycles. The third-order valence-corrected chi connectivity index (χ3v) is 4.45. The van der Waals surface area contributed by atoms with Crippen molar-refractivity contribution in [3.05, 3.63) is 90.3 Å². The Morgan fingerprint density at radius 1 is 1.00 bits per heavy atom. The maximum atomic E-state index is 9.79. The van der Waals surface area contributed by atoms with Gasteiger partial charge in [-0.1, -0.05) is 24.3 Å². The van der Waals surface area contributed by atoms with E-state index in [1.54, 1.807) is 11.3 Å². The fourth-order valence-corrected chi connectivity index (χ4v) is 3.07. The molecule has 0 spiro atoms. The number of ether oxygens (including phenoxy) is 1. The zero-order valence-corrected chi connectivity index (χ0v) is 16.5. The summed E-state index contributed by atoms with van der Waals surface area (Å²) in [6.45, 7) is 2.74. The molecule has 148 valence electrons. The Morgan fingerprint density at radius 3 is 2.57 bits per heavy atom. The molecule has 0 fully saturated rings. The number of benzene rings is 2. The van der Waals surface area contributed by atoms with E-state index < -0.39 is 0 Å². The van der Waals surface area contributed by atoms with Crippen molar-refractivity contribution in [3.63, 3.8) is 0 Å². The fraction of sp³-hybridized carbons (Fsp3) is 0.125. The first-order valence-corrected chi connectivity index (χ1v) is 9.64. The average Bonchev–Trinajstić information content (AvgIpc) is 2.80. The number of rotatable bonds is 7. The van der Waals surface area contributed by atoms with Gasteiger partial charge >= 0.3 is 0 Å². The number of hydrogen-bond acceptors (Lipinski definition) is 6. The summed E-state index contributed by atoms with van der Waals surface area (Å²) in [4.78, 5) is 15.2. The summed E-state index contributed by atoms with van der Waals surface area (Å²) >= 11 is 0. The van der Waals surface area contributed by atoms with Crippen LogP contribution in [0.1, 0.15) is 18.2 Å². The smallest absolute Gasteiger partial charge is 0.176 e. The Morgan fingerprint density at radius 2 is 1.83 bits per heavy atom. The van der Waals surface area contributed by atoms with Crippen LogP contribution in [0.15, 0.2) is 79.0 Å². The van der Waals surface area contributed by atoms with Crippen molar-refractivity contribution in [2.75, 3.05) is 11.7 Å². The van der Waals surface area contributed by atoms with Gasteiger partial charge < -0.3 is 4.74 Å². The quantitative estimate of drug-likeness (QED) is 0.401. The molecule has 4 rings (SSSR count). The van der Waals surface area contributed by atoms with E-state index in [0.29, 0.717) is 18.0 Å². The number of aromatic nitrogens is 2. The number of nitrogens with zero attached hydrogens (tertiary/aromatic N) is 4. The maximum Gasteiger partial charge on any atom is 0.176 e. The highest BCUT2D eigenvalue weighted by atomic mass is 16.7. The van der Waals surface area contributed by atoms with Crippen LogP contribution in [0.5, 0.6) is 5.75 Å². The van der Waals surface area contributed by atoms with E-state index in [1.165, 1.54) is 0 Å². The van der Waals surface area contributed by atoms with Crippen molar-refractivity contribution in [1.29, 1.82) is 5.26 Å². The van der Waals surface area contributed by atoms with Crippen LogP contribution in [0.25, 0.3) is 10.9 Å². The van der Waals surface area contributed by atoms with Crippen LogP contribution in [-0.4, -0.2) is 16.6 Å². The van der Waals surface area contributed by atoms with Crippen LogP contribution in [0.2, 0.25) is 0 Å². The van der Waals surface area contributed by atoms with Gasteiger partial charge in [0.2, 0.25) is 0 Å². The number of hydrogen-bond donors (Lipinski definition) is 0. The summed E-state index contributed by atoms with van der Waals surface area (Å²) < 4.78 is 5.60. The van der Waals surface area contributed by atoms with Crippen molar-refractivity contribution in [3.8, 4) is 11.8 Å². The third kappa shape index (κ3) is 4.22. The number of nitriles is 1. The molecule has 0 unspecified atom stereocenters. The van der Waals surface area contributed by atoms with Gasteiger partial charge in [-0.15, -0.1) is 0 Å². The molecule has 2 aromatic heterocycles. The first kappa shape index (κ1) is 19.4. The van der Waals surface area contributed by atoms with Crippen LogP contribution in [-0.2, 0) is 11.4 Å². The minimum absolute atomic E-state index is 0.235. The molecule has 0 atom stereocenters. The maximum absolute atomic E-state index is 9.79. The first-order valence-electron chi connectivity index (χ1n) is 9.64. The van der Waals surface area contributed by atoms with Crippen molar-refractivity contribution < 1.29 is 9.57 Å². The fourth-order valence-electron chi connectivity index (χ4n) is 3.07. The molecule has 0 saturated heterocycles.